The molecule has 0 atom stereocenters. The second-order valence-corrected chi connectivity index (χ2v) is 4.00. The SMILES string of the molecule is CC(C)N(CC(N)=O)C(=O)c1ccc(F)cc1. The lowest BCUT2D eigenvalue weighted by atomic mass is 10.1. The third kappa shape index (κ3) is 3.55. The van der Waals surface area contributed by atoms with Gasteiger partial charge in [0, 0.05) is 11.6 Å². The van der Waals surface area contributed by atoms with Gasteiger partial charge in [-0.3, -0.25) is 9.59 Å². The van der Waals surface area contributed by atoms with E-state index < -0.39 is 11.7 Å². The summed E-state index contributed by atoms with van der Waals surface area (Å²) in [4.78, 5) is 24.2. The topological polar surface area (TPSA) is 63.4 Å². The largest absolute Gasteiger partial charge is 0.368 e. The first kappa shape index (κ1) is 13.2. The Labute approximate surface area is 99.2 Å². The summed E-state index contributed by atoms with van der Waals surface area (Å²) < 4.78 is 12.7. The number of rotatable bonds is 4. The Morgan fingerprint density at radius 3 is 2.24 bits per heavy atom. The maximum absolute atomic E-state index is 12.7. The molecular weight excluding hydrogens is 223 g/mol. The van der Waals surface area contributed by atoms with Crippen molar-refractivity contribution in [2.45, 2.75) is 19.9 Å². The summed E-state index contributed by atoms with van der Waals surface area (Å²) in [5.74, 6) is -1.32. The quantitative estimate of drug-likeness (QED) is 0.855. The number of hydrogen-bond acceptors (Lipinski definition) is 2. The lowest BCUT2D eigenvalue weighted by Gasteiger charge is -2.25. The number of carbonyl (C=O) groups excluding carboxylic acids is 2. The summed E-state index contributed by atoms with van der Waals surface area (Å²) in [5, 5.41) is 0. The van der Waals surface area contributed by atoms with Crippen molar-refractivity contribution in [3.8, 4) is 0 Å². The van der Waals surface area contributed by atoms with Gasteiger partial charge >= 0.3 is 0 Å². The lowest BCUT2D eigenvalue weighted by Crippen LogP contribution is -2.42. The van der Waals surface area contributed by atoms with Crippen LogP contribution in [0.2, 0.25) is 0 Å². The molecule has 0 aliphatic rings. The van der Waals surface area contributed by atoms with Gasteiger partial charge in [0.05, 0.1) is 6.54 Å². The third-order valence-electron chi connectivity index (χ3n) is 2.30. The van der Waals surface area contributed by atoms with Gasteiger partial charge in [-0.1, -0.05) is 0 Å². The fourth-order valence-corrected chi connectivity index (χ4v) is 1.42. The van der Waals surface area contributed by atoms with Crippen LogP contribution in [0.1, 0.15) is 24.2 Å². The van der Waals surface area contributed by atoms with Gasteiger partial charge in [0.1, 0.15) is 5.82 Å². The smallest absolute Gasteiger partial charge is 0.254 e. The van der Waals surface area contributed by atoms with Crippen LogP contribution in [0.3, 0.4) is 0 Å². The molecule has 4 nitrogen and oxygen atoms in total. The van der Waals surface area contributed by atoms with Crippen molar-refractivity contribution in [1.29, 1.82) is 0 Å². The zero-order valence-electron chi connectivity index (χ0n) is 9.81. The molecule has 92 valence electrons. The van der Waals surface area contributed by atoms with Crippen LogP contribution >= 0.6 is 0 Å². The van der Waals surface area contributed by atoms with Gasteiger partial charge in [-0.05, 0) is 38.1 Å². The molecule has 0 saturated heterocycles. The first-order valence-corrected chi connectivity index (χ1v) is 5.26. The van der Waals surface area contributed by atoms with Gasteiger partial charge < -0.3 is 10.6 Å². The Balaban J connectivity index is 2.91. The van der Waals surface area contributed by atoms with Crippen LogP contribution in [0, 0.1) is 5.82 Å². The second-order valence-electron chi connectivity index (χ2n) is 4.00. The highest BCUT2D eigenvalue weighted by molar-refractivity contribution is 5.96. The lowest BCUT2D eigenvalue weighted by molar-refractivity contribution is -0.119. The molecule has 0 fully saturated rings. The predicted molar refractivity (Wildman–Crippen MR) is 61.8 cm³/mol. The molecule has 0 saturated carbocycles. The van der Waals surface area contributed by atoms with Crippen LogP contribution in [0.15, 0.2) is 24.3 Å². The van der Waals surface area contributed by atoms with Crippen LogP contribution in [-0.4, -0.2) is 29.3 Å². The van der Waals surface area contributed by atoms with E-state index in [4.69, 9.17) is 5.73 Å². The van der Waals surface area contributed by atoms with Gasteiger partial charge in [0.2, 0.25) is 5.91 Å². The molecule has 2 N–H and O–H groups in total. The van der Waals surface area contributed by atoms with E-state index in [0.29, 0.717) is 5.56 Å². The fourth-order valence-electron chi connectivity index (χ4n) is 1.42. The Kier molecular flexibility index (Phi) is 4.20. The van der Waals surface area contributed by atoms with Crippen LogP contribution in [0.4, 0.5) is 4.39 Å². The molecule has 0 aromatic heterocycles. The van der Waals surface area contributed by atoms with E-state index in [1.54, 1.807) is 13.8 Å². The van der Waals surface area contributed by atoms with Crippen molar-refractivity contribution in [2.24, 2.45) is 5.73 Å². The number of nitrogens with two attached hydrogens (primary N) is 1. The average molecular weight is 238 g/mol. The Morgan fingerprint density at radius 1 is 1.29 bits per heavy atom. The first-order chi connectivity index (χ1) is 7.91. The summed E-state index contributed by atoms with van der Waals surface area (Å²) in [7, 11) is 0. The minimum absolute atomic E-state index is 0.145. The number of amides is 2. The molecule has 0 aliphatic heterocycles. The van der Waals surface area contributed by atoms with Crippen molar-refractivity contribution in [3.05, 3.63) is 35.6 Å². The number of primary amides is 1. The highest BCUT2D eigenvalue weighted by Gasteiger charge is 2.20. The monoisotopic (exact) mass is 238 g/mol. The number of halogens is 1. The van der Waals surface area contributed by atoms with E-state index in [1.807, 2.05) is 0 Å². The molecule has 5 heteroatoms. The minimum atomic E-state index is -0.575. The summed E-state index contributed by atoms with van der Waals surface area (Å²) in [6, 6.07) is 5.02. The van der Waals surface area contributed by atoms with E-state index in [1.165, 1.54) is 29.2 Å². The maximum atomic E-state index is 12.7. The summed E-state index contributed by atoms with van der Waals surface area (Å²) in [5.41, 5.74) is 5.41. The van der Waals surface area contributed by atoms with E-state index in [0.717, 1.165) is 0 Å². The molecule has 0 spiro atoms. The molecule has 0 unspecified atom stereocenters. The second kappa shape index (κ2) is 5.43. The van der Waals surface area contributed by atoms with E-state index >= 15 is 0 Å². The van der Waals surface area contributed by atoms with Crippen LogP contribution in [0.25, 0.3) is 0 Å². The highest BCUT2D eigenvalue weighted by Crippen LogP contribution is 2.09. The van der Waals surface area contributed by atoms with Crippen molar-refractivity contribution in [1.82, 2.24) is 4.90 Å². The molecule has 0 aliphatic carbocycles. The maximum Gasteiger partial charge on any atom is 0.254 e. The van der Waals surface area contributed by atoms with Gasteiger partial charge in [-0.25, -0.2) is 4.39 Å². The normalized spacial score (nSPS) is 10.4. The van der Waals surface area contributed by atoms with Gasteiger partial charge in [-0.2, -0.15) is 0 Å². The fraction of sp³-hybridized carbons (Fsp3) is 0.333. The molecule has 1 rings (SSSR count). The van der Waals surface area contributed by atoms with E-state index in [2.05, 4.69) is 0 Å². The molecule has 1 aromatic carbocycles. The molecular formula is C12H15FN2O2. The molecule has 0 bridgehead atoms. The third-order valence-corrected chi connectivity index (χ3v) is 2.30. The zero-order chi connectivity index (χ0) is 13.0. The van der Waals surface area contributed by atoms with E-state index in [9.17, 15) is 14.0 Å². The molecule has 17 heavy (non-hydrogen) atoms. The van der Waals surface area contributed by atoms with Crippen LogP contribution < -0.4 is 5.73 Å². The van der Waals surface area contributed by atoms with Crippen LogP contribution in [-0.2, 0) is 4.79 Å². The Morgan fingerprint density at radius 2 is 1.82 bits per heavy atom. The van der Waals surface area contributed by atoms with Gasteiger partial charge in [0.15, 0.2) is 0 Å². The van der Waals surface area contributed by atoms with Crippen molar-refractivity contribution < 1.29 is 14.0 Å². The van der Waals surface area contributed by atoms with Crippen LogP contribution in [0.5, 0.6) is 0 Å². The minimum Gasteiger partial charge on any atom is -0.368 e. The number of nitrogens with zero attached hydrogens (tertiary/aromatic N) is 1. The highest BCUT2D eigenvalue weighted by atomic mass is 19.1. The Bertz CT molecular complexity index is 415. The van der Waals surface area contributed by atoms with Gasteiger partial charge in [0.25, 0.3) is 5.91 Å². The number of hydrogen-bond donors (Lipinski definition) is 1. The average Bonchev–Trinajstić information content (AvgIpc) is 2.25. The molecule has 0 heterocycles. The summed E-state index contributed by atoms with van der Waals surface area (Å²) in [6.45, 7) is 3.42. The van der Waals surface area contributed by atoms with E-state index in [-0.39, 0.29) is 18.5 Å². The summed E-state index contributed by atoms with van der Waals surface area (Å²) in [6.07, 6.45) is 0. The molecule has 2 amide bonds. The summed E-state index contributed by atoms with van der Waals surface area (Å²) >= 11 is 0. The van der Waals surface area contributed by atoms with Crippen molar-refractivity contribution in [3.63, 3.8) is 0 Å². The molecule has 1 aromatic rings. The van der Waals surface area contributed by atoms with Gasteiger partial charge in [-0.15, -0.1) is 0 Å². The zero-order valence-corrected chi connectivity index (χ0v) is 9.81. The predicted octanol–water partition coefficient (Wildman–Crippen LogP) is 1.16. The Hall–Kier alpha value is -1.91. The first-order valence-electron chi connectivity index (χ1n) is 5.26. The molecule has 0 radical (unpaired) electrons. The number of carbonyl (C=O) groups is 2. The number of benzene rings is 1. The van der Waals surface area contributed by atoms with Crippen molar-refractivity contribution >= 4 is 11.8 Å². The standard InChI is InChI=1S/C12H15FN2O2/c1-8(2)15(7-11(14)16)12(17)9-3-5-10(13)6-4-9/h3-6,8H,7H2,1-2H3,(H2,14,16). The van der Waals surface area contributed by atoms with Crippen molar-refractivity contribution in [2.75, 3.05) is 6.54 Å².